The number of carbonyl (C=O) groups excluding carboxylic acids is 1. The Morgan fingerprint density at radius 2 is 2.03 bits per heavy atom. The summed E-state index contributed by atoms with van der Waals surface area (Å²) in [6, 6.07) is 7.57. The number of hydrogen-bond donors (Lipinski definition) is 1. The number of nitrogens with zero attached hydrogens (tertiary/aromatic N) is 3. The average Bonchev–Trinajstić information content (AvgIpc) is 3.07. The maximum absolute atomic E-state index is 15.1. The van der Waals surface area contributed by atoms with E-state index in [0.29, 0.717) is 0 Å². The van der Waals surface area contributed by atoms with Crippen LogP contribution in [0.2, 0.25) is 10.2 Å². The molecule has 2 N–H and O–H groups in total. The van der Waals surface area contributed by atoms with Gasteiger partial charge < -0.3 is 15.0 Å². The van der Waals surface area contributed by atoms with Gasteiger partial charge in [0.1, 0.15) is 11.4 Å². The molecule has 1 aromatic heterocycles. The third kappa shape index (κ3) is 4.35. The van der Waals surface area contributed by atoms with Crippen molar-refractivity contribution in [1.29, 1.82) is 5.26 Å². The molecule has 0 atom stereocenters. The molecule has 3 aromatic rings. The molecule has 2 aromatic carbocycles. The molecule has 1 amide bonds. The number of nitriles is 1. The van der Waals surface area contributed by atoms with E-state index in [1.165, 1.54) is 29.1 Å². The van der Waals surface area contributed by atoms with Crippen LogP contribution in [0.15, 0.2) is 36.7 Å². The predicted octanol–water partition coefficient (Wildman–Crippen LogP) is 5.08. The maximum atomic E-state index is 15.1. The van der Waals surface area contributed by atoms with Crippen molar-refractivity contribution in [2.45, 2.75) is 13.0 Å². The fourth-order valence-corrected chi connectivity index (χ4v) is 3.11. The summed E-state index contributed by atoms with van der Waals surface area (Å²) in [7, 11) is 0. The molecule has 0 saturated carbocycles. The monoisotopic (exact) mass is 454 g/mol. The zero-order valence-corrected chi connectivity index (χ0v) is 16.4. The molecule has 0 aliphatic rings. The second kappa shape index (κ2) is 8.65. The summed E-state index contributed by atoms with van der Waals surface area (Å²) in [5.74, 6) is -2.37. The lowest BCUT2D eigenvalue weighted by Gasteiger charge is -2.14. The molecule has 11 heteroatoms. The SMILES string of the molecule is N#Cc1cc(Oc2c(Cl)ccc(Cn3cnc(Cl)c3C(N)=O)c2F)cc(C(F)F)c1. The van der Waals surface area contributed by atoms with E-state index in [4.69, 9.17) is 38.9 Å². The molecule has 0 radical (unpaired) electrons. The molecule has 0 fully saturated rings. The van der Waals surface area contributed by atoms with E-state index < -0.39 is 29.5 Å². The smallest absolute Gasteiger partial charge is 0.268 e. The minimum atomic E-state index is -2.86. The van der Waals surface area contributed by atoms with Crippen LogP contribution in [0, 0.1) is 17.1 Å². The highest BCUT2D eigenvalue weighted by Crippen LogP contribution is 2.36. The van der Waals surface area contributed by atoms with Crippen LogP contribution in [0.3, 0.4) is 0 Å². The van der Waals surface area contributed by atoms with Crippen molar-refractivity contribution in [2.24, 2.45) is 5.73 Å². The van der Waals surface area contributed by atoms with Crippen LogP contribution >= 0.6 is 23.2 Å². The number of aromatic nitrogens is 2. The van der Waals surface area contributed by atoms with Gasteiger partial charge in [0.15, 0.2) is 16.7 Å². The van der Waals surface area contributed by atoms with E-state index in [2.05, 4.69) is 4.98 Å². The van der Waals surface area contributed by atoms with E-state index in [1.807, 2.05) is 0 Å². The number of hydrogen-bond acceptors (Lipinski definition) is 4. The lowest BCUT2D eigenvalue weighted by Crippen LogP contribution is -2.18. The normalized spacial score (nSPS) is 10.8. The Labute approximate surface area is 178 Å². The second-order valence-corrected chi connectivity index (χ2v) is 6.80. The summed E-state index contributed by atoms with van der Waals surface area (Å²) in [5.41, 5.74) is 4.64. The zero-order valence-electron chi connectivity index (χ0n) is 14.9. The van der Waals surface area contributed by atoms with Crippen LogP contribution in [0.1, 0.15) is 33.6 Å². The predicted molar refractivity (Wildman–Crippen MR) is 102 cm³/mol. The maximum Gasteiger partial charge on any atom is 0.268 e. The highest BCUT2D eigenvalue weighted by molar-refractivity contribution is 6.32. The van der Waals surface area contributed by atoms with Crippen LogP contribution in [0.5, 0.6) is 11.5 Å². The van der Waals surface area contributed by atoms with Gasteiger partial charge in [0, 0.05) is 11.1 Å². The lowest BCUT2D eigenvalue weighted by atomic mass is 10.1. The van der Waals surface area contributed by atoms with Gasteiger partial charge in [0.05, 0.1) is 29.5 Å². The van der Waals surface area contributed by atoms with Crippen molar-refractivity contribution in [1.82, 2.24) is 9.55 Å². The van der Waals surface area contributed by atoms with Gasteiger partial charge in [-0.15, -0.1) is 0 Å². The van der Waals surface area contributed by atoms with E-state index in [9.17, 15) is 13.6 Å². The number of carbonyl (C=O) groups is 1. The van der Waals surface area contributed by atoms with Gasteiger partial charge in [-0.25, -0.2) is 18.2 Å². The van der Waals surface area contributed by atoms with Crippen LogP contribution in [-0.4, -0.2) is 15.5 Å². The van der Waals surface area contributed by atoms with Gasteiger partial charge in [-0.1, -0.05) is 29.3 Å². The Morgan fingerprint density at radius 3 is 2.67 bits per heavy atom. The number of rotatable bonds is 6. The Morgan fingerprint density at radius 1 is 1.30 bits per heavy atom. The van der Waals surface area contributed by atoms with Crippen LogP contribution in [0.25, 0.3) is 0 Å². The molecule has 0 saturated heterocycles. The molecular formula is C19H11Cl2F3N4O2. The van der Waals surface area contributed by atoms with Gasteiger partial charge in [-0.3, -0.25) is 4.79 Å². The molecule has 0 aliphatic heterocycles. The number of alkyl halides is 2. The average molecular weight is 455 g/mol. The molecule has 6 nitrogen and oxygen atoms in total. The van der Waals surface area contributed by atoms with Crippen LogP contribution in [0.4, 0.5) is 13.2 Å². The third-order valence-corrected chi connectivity index (χ3v) is 4.60. The lowest BCUT2D eigenvalue weighted by molar-refractivity contribution is 0.0992. The fraction of sp³-hybridized carbons (Fsp3) is 0.105. The Balaban J connectivity index is 2.00. The first-order chi connectivity index (χ1) is 14.2. The number of primary amides is 1. The van der Waals surface area contributed by atoms with Crippen LogP contribution in [-0.2, 0) is 6.54 Å². The van der Waals surface area contributed by atoms with Crippen molar-refractivity contribution in [3.05, 3.63) is 75.0 Å². The van der Waals surface area contributed by atoms with E-state index in [1.54, 1.807) is 6.07 Å². The van der Waals surface area contributed by atoms with Gasteiger partial charge in [0.2, 0.25) is 0 Å². The Bertz CT molecular complexity index is 1180. The van der Waals surface area contributed by atoms with Gasteiger partial charge in [0.25, 0.3) is 12.3 Å². The molecule has 0 bridgehead atoms. The molecule has 0 aliphatic carbocycles. The van der Waals surface area contributed by atoms with Gasteiger partial charge in [-0.2, -0.15) is 5.26 Å². The number of benzene rings is 2. The molecule has 3 rings (SSSR count). The number of imidazole rings is 1. The van der Waals surface area contributed by atoms with E-state index in [-0.39, 0.29) is 39.3 Å². The van der Waals surface area contributed by atoms with Crippen molar-refractivity contribution in [2.75, 3.05) is 0 Å². The first kappa shape index (κ1) is 21.5. The van der Waals surface area contributed by atoms with E-state index >= 15 is 4.39 Å². The highest BCUT2D eigenvalue weighted by Gasteiger charge is 2.20. The summed E-state index contributed by atoms with van der Waals surface area (Å²) in [6.07, 6.45) is -1.65. The summed E-state index contributed by atoms with van der Waals surface area (Å²) >= 11 is 11.8. The van der Waals surface area contributed by atoms with Gasteiger partial charge in [-0.05, 0) is 24.3 Å². The molecule has 30 heavy (non-hydrogen) atoms. The molecule has 154 valence electrons. The van der Waals surface area contributed by atoms with Crippen molar-refractivity contribution in [3.8, 4) is 17.6 Å². The highest BCUT2D eigenvalue weighted by atomic mass is 35.5. The van der Waals surface area contributed by atoms with Crippen molar-refractivity contribution < 1.29 is 22.7 Å². The van der Waals surface area contributed by atoms with Crippen molar-refractivity contribution in [3.63, 3.8) is 0 Å². The van der Waals surface area contributed by atoms with Gasteiger partial charge >= 0.3 is 0 Å². The molecule has 0 unspecified atom stereocenters. The fourth-order valence-electron chi connectivity index (χ4n) is 2.68. The van der Waals surface area contributed by atoms with E-state index in [0.717, 1.165) is 12.1 Å². The second-order valence-electron chi connectivity index (χ2n) is 6.03. The standard InChI is InChI=1S/C19H11Cl2F3N4O2/c20-13-2-1-10(7-28-8-27-17(21)15(28)19(26)29)14(22)16(13)30-12-4-9(6-25)3-11(5-12)18(23)24/h1-5,8,18H,7H2,(H2,26,29). The first-order valence-corrected chi connectivity index (χ1v) is 8.95. The van der Waals surface area contributed by atoms with Crippen molar-refractivity contribution >= 4 is 29.1 Å². The number of amides is 1. The topological polar surface area (TPSA) is 93.9 Å². The Kier molecular flexibility index (Phi) is 6.20. The van der Waals surface area contributed by atoms with Crippen LogP contribution < -0.4 is 10.5 Å². The summed E-state index contributed by atoms with van der Waals surface area (Å²) in [6.45, 7) is -0.183. The number of ether oxygens (including phenoxy) is 1. The minimum absolute atomic E-state index is 0.0384. The summed E-state index contributed by atoms with van der Waals surface area (Å²) < 4.78 is 47.8. The largest absolute Gasteiger partial charge is 0.453 e. The summed E-state index contributed by atoms with van der Waals surface area (Å²) in [5, 5.41) is 8.75. The number of nitrogens with two attached hydrogens (primary N) is 1. The zero-order chi connectivity index (χ0) is 22.0. The minimum Gasteiger partial charge on any atom is -0.453 e. The molecule has 0 spiro atoms. The number of halogens is 5. The summed E-state index contributed by atoms with van der Waals surface area (Å²) in [4.78, 5) is 15.3. The molecular weight excluding hydrogens is 444 g/mol. The quantitative estimate of drug-likeness (QED) is 0.561. The Hall–Kier alpha value is -3.22. The molecule has 1 heterocycles. The first-order valence-electron chi connectivity index (χ1n) is 8.19. The third-order valence-electron chi connectivity index (χ3n) is 4.03.